The van der Waals surface area contributed by atoms with Gasteiger partial charge >= 0.3 is 5.97 Å². The van der Waals surface area contributed by atoms with Crippen LogP contribution in [-0.4, -0.2) is 44.6 Å². The lowest BCUT2D eigenvalue weighted by Gasteiger charge is -2.08. The molecule has 0 aliphatic rings. The summed E-state index contributed by atoms with van der Waals surface area (Å²) in [4.78, 5) is 10.7. The summed E-state index contributed by atoms with van der Waals surface area (Å²) in [7, 11) is 1.62. The van der Waals surface area contributed by atoms with E-state index in [0.717, 1.165) is 18.9 Å². The maximum atomic E-state index is 13.6. The lowest BCUT2D eigenvalue weighted by atomic mass is 10.2. The standard InChI is InChI=1S/C14H20FNO4/c1-19-8-9-20-7-3-2-6-16-13-5-4-11(14(17)18)10-12(13)15/h4-5,10,16H,2-3,6-9H2,1H3,(H,17,18). The molecule has 6 heteroatoms. The Hall–Kier alpha value is -1.66. The summed E-state index contributed by atoms with van der Waals surface area (Å²) >= 11 is 0. The van der Waals surface area contributed by atoms with E-state index >= 15 is 0 Å². The number of methoxy groups -OCH3 is 1. The molecule has 112 valence electrons. The van der Waals surface area contributed by atoms with Gasteiger partial charge in [0.05, 0.1) is 24.5 Å². The first-order valence-electron chi connectivity index (χ1n) is 6.48. The van der Waals surface area contributed by atoms with Crippen molar-refractivity contribution in [3.63, 3.8) is 0 Å². The first kappa shape index (κ1) is 16.4. The molecule has 0 unspecified atom stereocenters. The van der Waals surface area contributed by atoms with Crippen molar-refractivity contribution in [2.75, 3.05) is 38.8 Å². The Kier molecular flexibility index (Phi) is 7.60. The van der Waals surface area contributed by atoms with Gasteiger partial charge in [-0.05, 0) is 31.0 Å². The molecule has 0 aromatic heterocycles. The maximum absolute atomic E-state index is 13.6. The maximum Gasteiger partial charge on any atom is 0.335 e. The summed E-state index contributed by atoms with van der Waals surface area (Å²) in [5.74, 6) is -1.69. The van der Waals surface area contributed by atoms with Gasteiger partial charge in [-0.3, -0.25) is 0 Å². The number of ether oxygens (including phenoxy) is 2. The number of carbonyl (C=O) groups is 1. The largest absolute Gasteiger partial charge is 0.478 e. The van der Waals surface area contributed by atoms with Crippen molar-refractivity contribution >= 4 is 11.7 Å². The molecule has 1 aromatic rings. The number of carboxylic acids is 1. The molecule has 1 aromatic carbocycles. The predicted molar refractivity (Wildman–Crippen MR) is 73.8 cm³/mol. The minimum atomic E-state index is -1.14. The number of anilines is 1. The van der Waals surface area contributed by atoms with Crippen LogP contribution in [0.1, 0.15) is 23.2 Å². The average molecular weight is 285 g/mol. The molecule has 0 bridgehead atoms. The van der Waals surface area contributed by atoms with Gasteiger partial charge in [0.25, 0.3) is 0 Å². The highest BCUT2D eigenvalue weighted by Crippen LogP contribution is 2.15. The molecule has 0 aliphatic heterocycles. The van der Waals surface area contributed by atoms with Crippen LogP contribution in [0.3, 0.4) is 0 Å². The SMILES string of the molecule is COCCOCCCCNc1ccc(C(=O)O)cc1F. The number of carboxylic acid groups (broad SMARTS) is 1. The van der Waals surface area contributed by atoms with Gasteiger partial charge in [0.15, 0.2) is 0 Å². The van der Waals surface area contributed by atoms with Crippen molar-refractivity contribution in [3.8, 4) is 0 Å². The van der Waals surface area contributed by atoms with Crippen LogP contribution >= 0.6 is 0 Å². The van der Waals surface area contributed by atoms with Crippen LogP contribution < -0.4 is 5.32 Å². The zero-order valence-electron chi connectivity index (χ0n) is 11.5. The van der Waals surface area contributed by atoms with E-state index in [1.54, 1.807) is 7.11 Å². The molecule has 0 fully saturated rings. The fraction of sp³-hybridized carbons (Fsp3) is 0.500. The Bertz CT molecular complexity index is 426. The third-order valence-corrected chi connectivity index (χ3v) is 2.68. The normalized spacial score (nSPS) is 10.5. The van der Waals surface area contributed by atoms with Gasteiger partial charge < -0.3 is 19.9 Å². The van der Waals surface area contributed by atoms with Gasteiger partial charge in [0.2, 0.25) is 0 Å². The van der Waals surface area contributed by atoms with Crippen LogP contribution in [0.4, 0.5) is 10.1 Å². The van der Waals surface area contributed by atoms with Crippen molar-refractivity contribution in [1.29, 1.82) is 0 Å². The highest BCUT2D eigenvalue weighted by molar-refractivity contribution is 5.88. The number of hydrogen-bond donors (Lipinski definition) is 2. The Morgan fingerprint density at radius 3 is 2.75 bits per heavy atom. The van der Waals surface area contributed by atoms with Crippen LogP contribution in [0.25, 0.3) is 0 Å². The van der Waals surface area contributed by atoms with Crippen LogP contribution in [0.2, 0.25) is 0 Å². The first-order valence-corrected chi connectivity index (χ1v) is 6.48. The monoisotopic (exact) mass is 285 g/mol. The lowest BCUT2D eigenvalue weighted by Crippen LogP contribution is -2.07. The molecule has 0 radical (unpaired) electrons. The number of unbranched alkanes of at least 4 members (excludes halogenated alkanes) is 1. The van der Waals surface area contributed by atoms with E-state index in [2.05, 4.69) is 5.32 Å². The molecule has 5 nitrogen and oxygen atoms in total. The topological polar surface area (TPSA) is 67.8 Å². The van der Waals surface area contributed by atoms with Crippen LogP contribution in [-0.2, 0) is 9.47 Å². The van der Waals surface area contributed by atoms with Crippen molar-refractivity contribution in [3.05, 3.63) is 29.6 Å². The Labute approximate surface area is 117 Å². The van der Waals surface area contributed by atoms with E-state index in [9.17, 15) is 9.18 Å². The number of hydrogen-bond acceptors (Lipinski definition) is 4. The fourth-order valence-corrected chi connectivity index (χ4v) is 1.59. The number of aromatic carboxylic acids is 1. The summed E-state index contributed by atoms with van der Waals surface area (Å²) in [6, 6.07) is 3.83. The van der Waals surface area contributed by atoms with Gasteiger partial charge in [0.1, 0.15) is 5.82 Å². The van der Waals surface area contributed by atoms with E-state index in [1.807, 2.05) is 0 Å². The number of halogens is 1. The summed E-state index contributed by atoms with van der Waals surface area (Å²) in [5, 5.41) is 11.7. The molecule has 1 rings (SSSR count). The van der Waals surface area contributed by atoms with E-state index in [0.29, 0.717) is 32.1 Å². The second kappa shape index (κ2) is 9.28. The molecule has 0 amide bonds. The van der Waals surface area contributed by atoms with Gasteiger partial charge in [-0.25, -0.2) is 9.18 Å². The molecule has 20 heavy (non-hydrogen) atoms. The summed E-state index contributed by atoms with van der Waals surface area (Å²) in [6.45, 7) is 2.41. The van der Waals surface area contributed by atoms with E-state index in [1.165, 1.54) is 12.1 Å². The zero-order valence-corrected chi connectivity index (χ0v) is 11.5. The summed E-state index contributed by atoms with van der Waals surface area (Å²) < 4.78 is 23.7. The van der Waals surface area contributed by atoms with E-state index < -0.39 is 11.8 Å². The van der Waals surface area contributed by atoms with Crippen molar-refractivity contribution < 1.29 is 23.8 Å². The minimum Gasteiger partial charge on any atom is -0.478 e. The van der Waals surface area contributed by atoms with Crippen molar-refractivity contribution in [2.24, 2.45) is 0 Å². The Morgan fingerprint density at radius 1 is 1.30 bits per heavy atom. The summed E-state index contributed by atoms with van der Waals surface area (Å²) in [6.07, 6.45) is 1.71. The lowest BCUT2D eigenvalue weighted by molar-refractivity contribution is 0.0690. The Morgan fingerprint density at radius 2 is 2.10 bits per heavy atom. The Balaban J connectivity index is 2.20. The van der Waals surface area contributed by atoms with Gasteiger partial charge in [-0.1, -0.05) is 0 Å². The van der Waals surface area contributed by atoms with Crippen LogP contribution in [0.15, 0.2) is 18.2 Å². The zero-order chi connectivity index (χ0) is 14.8. The van der Waals surface area contributed by atoms with Gasteiger partial charge in [0, 0.05) is 20.3 Å². The van der Waals surface area contributed by atoms with Crippen molar-refractivity contribution in [1.82, 2.24) is 0 Å². The van der Waals surface area contributed by atoms with Gasteiger partial charge in [-0.2, -0.15) is 0 Å². The molecule has 0 aliphatic carbocycles. The molecule has 0 saturated carbocycles. The number of nitrogens with one attached hydrogen (secondary N) is 1. The molecule has 0 atom stereocenters. The molecular weight excluding hydrogens is 265 g/mol. The summed E-state index contributed by atoms with van der Waals surface area (Å²) in [5.41, 5.74) is 0.259. The molecule has 2 N–H and O–H groups in total. The van der Waals surface area contributed by atoms with Crippen LogP contribution in [0, 0.1) is 5.82 Å². The highest BCUT2D eigenvalue weighted by atomic mass is 19.1. The third kappa shape index (κ3) is 5.99. The average Bonchev–Trinajstić information content (AvgIpc) is 2.43. The first-order chi connectivity index (χ1) is 9.65. The van der Waals surface area contributed by atoms with E-state index in [4.69, 9.17) is 14.6 Å². The second-order valence-corrected chi connectivity index (χ2v) is 4.24. The number of benzene rings is 1. The third-order valence-electron chi connectivity index (χ3n) is 2.68. The minimum absolute atomic E-state index is 0.0559. The molecular formula is C14H20FNO4. The predicted octanol–water partition coefficient (Wildman–Crippen LogP) is 2.38. The molecule has 0 heterocycles. The molecule has 0 spiro atoms. The molecule has 0 saturated heterocycles. The van der Waals surface area contributed by atoms with Gasteiger partial charge in [-0.15, -0.1) is 0 Å². The van der Waals surface area contributed by atoms with Crippen molar-refractivity contribution in [2.45, 2.75) is 12.8 Å². The quantitative estimate of drug-likeness (QED) is 0.646. The van der Waals surface area contributed by atoms with E-state index in [-0.39, 0.29) is 5.56 Å². The second-order valence-electron chi connectivity index (χ2n) is 4.24. The number of rotatable bonds is 10. The smallest absolute Gasteiger partial charge is 0.335 e. The highest BCUT2D eigenvalue weighted by Gasteiger charge is 2.07. The fourth-order valence-electron chi connectivity index (χ4n) is 1.59. The van der Waals surface area contributed by atoms with Crippen LogP contribution in [0.5, 0.6) is 0 Å².